The van der Waals surface area contributed by atoms with Gasteiger partial charge in [0.1, 0.15) is 5.82 Å². The lowest BCUT2D eigenvalue weighted by molar-refractivity contribution is -0.166. The topological polar surface area (TPSA) is 80.3 Å². The van der Waals surface area contributed by atoms with Crippen molar-refractivity contribution in [3.05, 3.63) is 23.3 Å². The largest absolute Gasteiger partial charge is 0.467 e. The number of carbonyl (C=O) groups is 1. The zero-order valence-electron chi connectivity index (χ0n) is 12.5. The van der Waals surface area contributed by atoms with Crippen LogP contribution in [-0.2, 0) is 20.8 Å². The number of carbonyl (C=O) groups excluding carboxylic acids is 1. The van der Waals surface area contributed by atoms with Crippen molar-refractivity contribution < 1.29 is 14.3 Å². The number of aromatic nitrogens is 3. The van der Waals surface area contributed by atoms with Crippen LogP contribution in [0, 0.1) is 0 Å². The van der Waals surface area contributed by atoms with Crippen LogP contribution in [0.2, 0.25) is 0 Å². The molecule has 0 aromatic carbocycles. The number of morpholine rings is 1. The van der Waals surface area contributed by atoms with Crippen molar-refractivity contribution in [3.63, 3.8) is 0 Å². The molecule has 0 unspecified atom stereocenters. The van der Waals surface area contributed by atoms with Crippen molar-refractivity contribution in [3.8, 4) is 10.7 Å². The van der Waals surface area contributed by atoms with Gasteiger partial charge in [-0.05, 0) is 18.4 Å². The molecule has 1 N–H and O–H groups in total. The fourth-order valence-corrected chi connectivity index (χ4v) is 3.18. The smallest absolute Gasteiger partial charge is 0.336 e. The number of aromatic amines is 1. The summed E-state index contributed by atoms with van der Waals surface area (Å²) in [5, 5.41) is 9.20. The van der Waals surface area contributed by atoms with Crippen molar-refractivity contribution in [1.29, 1.82) is 0 Å². The fourth-order valence-electron chi connectivity index (χ4n) is 2.52. The number of esters is 1. The number of nitrogens with one attached hydrogen (secondary N) is 1. The molecule has 0 bridgehead atoms. The van der Waals surface area contributed by atoms with E-state index in [0.717, 1.165) is 17.2 Å². The molecule has 22 heavy (non-hydrogen) atoms. The van der Waals surface area contributed by atoms with Crippen LogP contribution < -0.4 is 0 Å². The van der Waals surface area contributed by atoms with Crippen molar-refractivity contribution >= 4 is 17.3 Å². The lowest BCUT2D eigenvalue weighted by Gasteiger charge is -2.34. The highest BCUT2D eigenvalue weighted by Crippen LogP contribution is 2.21. The molecule has 2 atom stereocenters. The van der Waals surface area contributed by atoms with E-state index < -0.39 is 6.10 Å². The molecule has 0 radical (unpaired) electrons. The normalized spacial score (nSPS) is 22.6. The second kappa shape index (κ2) is 6.55. The van der Waals surface area contributed by atoms with Crippen molar-refractivity contribution in [2.75, 3.05) is 20.2 Å². The van der Waals surface area contributed by atoms with Gasteiger partial charge in [0.05, 0.1) is 24.6 Å². The van der Waals surface area contributed by atoms with Crippen LogP contribution in [0.3, 0.4) is 0 Å². The lowest BCUT2D eigenvalue weighted by Crippen LogP contribution is -2.49. The number of hydrogen-bond donors (Lipinski definition) is 1. The van der Waals surface area contributed by atoms with Gasteiger partial charge >= 0.3 is 5.97 Å². The number of rotatable bonds is 4. The first kappa shape index (κ1) is 15.1. The Balaban J connectivity index is 1.66. The molecule has 2 aromatic heterocycles. The summed E-state index contributed by atoms with van der Waals surface area (Å²) in [5.41, 5.74) is 0. The van der Waals surface area contributed by atoms with E-state index in [1.54, 1.807) is 11.3 Å². The Morgan fingerprint density at radius 1 is 1.59 bits per heavy atom. The van der Waals surface area contributed by atoms with Gasteiger partial charge in [-0.15, -0.1) is 11.3 Å². The Morgan fingerprint density at radius 3 is 3.18 bits per heavy atom. The average molecular weight is 322 g/mol. The highest BCUT2D eigenvalue weighted by Gasteiger charge is 2.31. The van der Waals surface area contributed by atoms with E-state index >= 15 is 0 Å². The SMILES string of the molecule is COC(=O)[C@@H]1CN(Cc2nc(-c3cccs3)n[nH]2)C[C@@H](C)O1. The number of methoxy groups -OCH3 is 1. The minimum Gasteiger partial charge on any atom is -0.467 e. The van der Waals surface area contributed by atoms with Crippen molar-refractivity contribution in [1.82, 2.24) is 20.1 Å². The molecule has 0 spiro atoms. The predicted molar refractivity (Wildman–Crippen MR) is 81.3 cm³/mol. The molecule has 1 aliphatic rings. The Morgan fingerprint density at radius 2 is 2.45 bits per heavy atom. The second-order valence-corrected chi connectivity index (χ2v) is 6.18. The Hall–Kier alpha value is -1.77. The standard InChI is InChI=1S/C14H18N4O3S/c1-9-6-18(7-10(21-9)14(19)20-2)8-12-15-13(17-16-12)11-4-3-5-22-11/h3-5,9-10H,6-8H2,1-2H3,(H,15,16,17)/t9-,10+/m1/s1. The summed E-state index contributed by atoms with van der Waals surface area (Å²) in [7, 11) is 1.37. The van der Waals surface area contributed by atoms with Gasteiger partial charge in [-0.2, -0.15) is 5.10 Å². The van der Waals surface area contributed by atoms with Gasteiger partial charge in [-0.25, -0.2) is 9.78 Å². The maximum atomic E-state index is 11.7. The Bertz CT molecular complexity index is 628. The third-order valence-corrected chi connectivity index (χ3v) is 4.31. The van der Waals surface area contributed by atoms with Gasteiger partial charge in [0, 0.05) is 13.1 Å². The van der Waals surface area contributed by atoms with Crippen LogP contribution in [0.15, 0.2) is 17.5 Å². The average Bonchev–Trinajstić information content (AvgIpc) is 3.16. The number of ether oxygens (including phenoxy) is 2. The number of H-pyrrole nitrogens is 1. The van der Waals surface area contributed by atoms with E-state index in [4.69, 9.17) is 9.47 Å². The van der Waals surface area contributed by atoms with Gasteiger partial charge in [0.2, 0.25) is 0 Å². The van der Waals surface area contributed by atoms with Crippen LogP contribution in [0.4, 0.5) is 0 Å². The third-order valence-electron chi connectivity index (χ3n) is 3.45. The quantitative estimate of drug-likeness (QED) is 0.855. The van der Waals surface area contributed by atoms with Gasteiger partial charge in [-0.1, -0.05) is 6.07 Å². The summed E-state index contributed by atoms with van der Waals surface area (Å²) in [6.45, 7) is 3.77. The van der Waals surface area contributed by atoms with Gasteiger partial charge < -0.3 is 9.47 Å². The maximum Gasteiger partial charge on any atom is 0.336 e. The summed E-state index contributed by atoms with van der Waals surface area (Å²) >= 11 is 1.60. The zero-order chi connectivity index (χ0) is 15.5. The Kier molecular flexibility index (Phi) is 4.51. The first-order chi connectivity index (χ1) is 10.7. The monoisotopic (exact) mass is 322 g/mol. The van der Waals surface area contributed by atoms with E-state index in [-0.39, 0.29) is 12.1 Å². The van der Waals surface area contributed by atoms with E-state index in [2.05, 4.69) is 20.1 Å². The molecule has 3 heterocycles. The van der Waals surface area contributed by atoms with Crippen LogP contribution in [-0.4, -0.2) is 58.5 Å². The number of nitrogens with zero attached hydrogens (tertiary/aromatic N) is 3. The van der Waals surface area contributed by atoms with Crippen LogP contribution in [0.1, 0.15) is 12.7 Å². The summed E-state index contributed by atoms with van der Waals surface area (Å²) < 4.78 is 10.4. The van der Waals surface area contributed by atoms with E-state index in [0.29, 0.717) is 18.9 Å². The summed E-state index contributed by atoms with van der Waals surface area (Å²) in [6.07, 6.45) is -0.578. The molecule has 118 valence electrons. The van der Waals surface area contributed by atoms with Gasteiger partial charge in [0.15, 0.2) is 11.9 Å². The highest BCUT2D eigenvalue weighted by atomic mass is 32.1. The minimum atomic E-state index is -0.548. The molecular weight excluding hydrogens is 304 g/mol. The minimum absolute atomic E-state index is 0.0301. The highest BCUT2D eigenvalue weighted by molar-refractivity contribution is 7.13. The summed E-state index contributed by atoms with van der Waals surface area (Å²) in [6, 6.07) is 3.96. The predicted octanol–water partition coefficient (Wildman–Crippen LogP) is 1.30. The molecule has 8 heteroatoms. The van der Waals surface area contributed by atoms with Gasteiger partial charge in [-0.3, -0.25) is 10.00 Å². The molecule has 7 nitrogen and oxygen atoms in total. The second-order valence-electron chi connectivity index (χ2n) is 5.24. The van der Waals surface area contributed by atoms with Crippen LogP contribution >= 0.6 is 11.3 Å². The molecule has 2 aromatic rings. The Labute approximate surface area is 132 Å². The van der Waals surface area contributed by atoms with E-state index in [1.807, 2.05) is 24.4 Å². The maximum absolute atomic E-state index is 11.7. The summed E-state index contributed by atoms with van der Waals surface area (Å²) in [5.74, 6) is 1.14. The molecule has 0 amide bonds. The van der Waals surface area contributed by atoms with E-state index in [1.165, 1.54) is 7.11 Å². The molecule has 0 aliphatic carbocycles. The van der Waals surface area contributed by atoms with Crippen molar-refractivity contribution in [2.45, 2.75) is 25.7 Å². The van der Waals surface area contributed by atoms with Crippen molar-refractivity contribution in [2.24, 2.45) is 0 Å². The molecule has 1 fully saturated rings. The molecule has 1 aliphatic heterocycles. The first-order valence-corrected chi connectivity index (χ1v) is 7.94. The molecule has 0 saturated carbocycles. The summed E-state index contributed by atoms with van der Waals surface area (Å²) in [4.78, 5) is 19.3. The zero-order valence-corrected chi connectivity index (χ0v) is 13.3. The van der Waals surface area contributed by atoms with E-state index in [9.17, 15) is 4.79 Å². The van der Waals surface area contributed by atoms with Crippen LogP contribution in [0.25, 0.3) is 10.7 Å². The molecular formula is C14H18N4O3S. The lowest BCUT2D eigenvalue weighted by atomic mass is 10.2. The van der Waals surface area contributed by atoms with Crippen LogP contribution in [0.5, 0.6) is 0 Å². The van der Waals surface area contributed by atoms with Gasteiger partial charge in [0.25, 0.3) is 0 Å². The number of hydrogen-bond acceptors (Lipinski definition) is 7. The number of thiophene rings is 1. The molecule has 3 rings (SSSR count). The first-order valence-electron chi connectivity index (χ1n) is 7.06. The fraction of sp³-hybridized carbons (Fsp3) is 0.500. The molecule has 1 saturated heterocycles. The third kappa shape index (κ3) is 3.34.